The second kappa shape index (κ2) is 9.42. The Morgan fingerprint density at radius 1 is 1.28 bits per heavy atom. The Labute approximate surface area is 207 Å². The van der Waals surface area contributed by atoms with Crippen LogP contribution in [0.1, 0.15) is 35.2 Å². The van der Waals surface area contributed by atoms with Gasteiger partial charge in [-0.05, 0) is 71.8 Å². The Balaban J connectivity index is 1.75. The molecule has 164 valence electrons. The van der Waals surface area contributed by atoms with Gasteiger partial charge < -0.3 is 19.9 Å². The fourth-order valence-electron chi connectivity index (χ4n) is 3.63. The van der Waals surface area contributed by atoms with Crippen LogP contribution in [0, 0.1) is 21.8 Å². The summed E-state index contributed by atoms with van der Waals surface area (Å²) in [6, 6.07) is 14.1. The van der Waals surface area contributed by atoms with Gasteiger partial charge in [-0.2, -0.15) is 5.26 Å². The van der Waals surface area contributed by atoms with E-state index in [4.69, 9.17) is 19.9 Å². The molecule has 2 heterocycles. The zero-order chi connectivity index (χ0) is 22.8. The summed E-state index contributed by atoms with van der Waals surface area (Å²) in [5.74, 6) is 1.28. The van der Waals surface area contributed by atoms with Crippen molar-refractivity contribution in [3.63, 3.8) is 0 Å². The van der Waals surface area contributed by atoms with Crippen LogP contribution in [0.2, 0.25) is 0 Å². The molecule has 3 N–H and O–H groups in total. The maximum absolute atomic E-state index is 9.81. The van der Waals surface area contributed by atoms with E-state index in [0.29, 0.717) is 36.2 Å². The van der Waals surface area contributed by atoms with Crippen LogP contribution in [0.4, 0.5) is 0 Å². The van der Waals surface area contributed by atoms with Gasteiger partial charge >= 0.3 is 0 Å². The number of nitrogens with zero attached hydrogens (tertiary/aromatic N) is 2. The fourth-order valence-corrected chi connectivity index (χ4v) is 4.67. The highest BCUT2D eigenvalue weighted by Gasteiger charge is 2.35. The lowest BCUT2D eigenvalue weighted by atomic mass is 9.84. The second-order valence-electron chi connectivity index (χ2n) is 7.17. The van der Waals surface area contributed by atoms with E-state index < -0.39 is 5.92 Å². The molecule has 0 amide bonds. The molecule has 0 saturated carbocycles. The largest absolute Gasteiger partial charge is 0.490 e. The van der Waals surface area contributed by atoms with Crippen molar-refractivity contribution in [2.45, 2.75) is 26.4 Å². The lowest BCUT2D eigenvalue weighted by Crippen LogP contribution is -2.21. The van der Waals surface area contributed by atoms with E-state index in [2.05, 4.69) is 54.8 Å². The number of nitrogens with one attached hydrogen (secondary N) is 1. The summed E-state index contributed by atoms with van der Waals surface area (Å²) >= 11 is 5.68. The van der Waals surface area contributed by atoms with Crippen LogP contribution in [-0.4, -0.2) is 16.8 Å². The number of H-pyrrole nitrogens is 1. The average Bonchev–Trinajstić information content (AvgIpc) is 3.13. The number of hydrogen-bond acceptors (Lipinski definition) is 6. The lowest BCUT2D eigenvalue weighted by Gasteiger charge is -2.25. The molecule has 1 aromatic heterocycles. The molecule has 0 unspecified atom stereocenters. The number of nitrogens with two attached hydrogens (primary N) is 1. The van der Waals surface area contributed by atoms with Crippen molar-refractivity contribution in [2.24, 2.45) is 5.73 Å². The molecule has 0 bridgehead atoms. The number of aromatic nitrogens is 2. The van der Waals surface area contributed by atoms with Crippen molar-refractivity contribution >= 4 is 38.5 Å². The molecule has 1 aliphatic heterocycles. The lowest BCUT2D eigenvalue weighted by molar-refractivity contribution is 0.267. The summed E-state index contributed by atoms with van der Waals surface area (Å²) in [4.78, 5) is 0. The Morgan fingerprint density at radius 3 is 2.72 bits per heavy atom. The number of halogens is 2. The number of benzene rings is 2. The molecule has 0 spiro atoms. The third-order valence-corrected chi connectivity index (χ3v) is 6.42. The van der Waals surface area contributed by atoms with E-state index in [1.165, 1.54) is 0 Å². The first kappa shape index (κ1) is 22.5. The summed E-state index contributed by atoms with van der Waals surface area (Å²) in [6.07, 6.45) is 0. The van der Waals surface area contributed by atoms with Gasteiger partial charge in [0.25, 0.3) is 0 Å². The van der Waals surface area contributed by atoms with Gasteiger partial charge in [0.1, 0.15) is 18.2 Å². The van der Waals surface area contributed by atoms with Crippen LogP contribution in [0.3, 0.4) is 0 Å². The van der Waals surface area contributed by atoms with Crippen LogP contribution >= 0.6 is 38.5 Å². The summed E-state index contributed by atoms with van der Waals surface area (Å²) in [5.41, 5.74) is 9.88. The molecular weight excluding hydrogens is 587 g/mol. The first-order valence-electron chi connectivity index (χ1n) is 9.88. The number of allylic oxidation sites excluding steroid dienone is 1. The molecule has 9 heteroatoms. The SMILES string of the molecule is CCOc1cc([C@@H]2C(C#N)=C(N)Oc3n[nH]c(C)c32)cc(I)c1OCc1ccc(Br)cc1. The minimum Gasteiger partial charge on any atom is -0.490 e. The molecule has 0 aliphatic carbocycles. The first-order chi connectivity index (χ1) is 15.4. The van der Waals surface area contributed by atoms with E-state index in [9.17, 15) is 5.26 Å². The van der Waals surface area contributed by atoms with Crippen molar-refractivity contribution in [1.82, 2.24) is 10.2 Å². The normalized spacial score (nSPS) is 15.0. The number of hydrogen-bond donors (Lipinski definition) is 2. The molecule has 1 aliphatic rings. The van der Waals surface area contributed by atoms with E-state index in [1.807, 2.05) is 50.2 Å². The highest BCUT2D eigenvalue weighted by atomic mass is 127. The molecule has 0 radical (unpaired) electrons. The van der Waals surface area contributed by atoms with Crippen molar-refractivity contribution in [2.75, 3.05) is 6.61 Å². The molecule has 0 saturated heterocycles. The van der Waals surface area contributed by atoms with Crippen LogP contribution in [0.15, 0.2) is 52.3 Å². The second-order valence-corrected chi connectivity index (χ2v) is 9.25. The third kappa shape index (κ3) is 4.29. The van der Waals surface area contributed by atoms with Crippen LogP contribution in [0.25, 0.3) is 0 Å². The highest BCUT2D eigenvalue weighted by molar-refractivity contribution is 14.1. The standard InChI is InChI=1S/C23H20BrIN4O3/c1-3-30-18-9-14(8-17(25)21(18)31-11-13-4-6-15(24)7-5-13)20-16(10-26)22(27)32-23-19(20)12(2)28-29-23/h4-9,20H,3,11,27H2,1-2H3,(H,28,29)/t20-/m1/s1. The van der Waals surface area contributed by atoms with Crippen molar-refractivity contribution in [3.05, 3.63) is 78.3 Å². The molecule has 2 aromatic carbocycles. The molecule has 1 atom stereocenters. The topological polar surface area (TPSA) is 106 Å². The first-order valence-corrected chi connectivity index (χ1v) is 11.8. The van der Waals surface area contributed by atoms with Gasteiger partial charge in [0, 0.05) is 15.7 Å². The Bertz CT molecular complexity index is 1230. The van der Waals surface area contributed by atoms with Gasteiger partial charge in [0.2, 0.25) is 11.8 Å². The van der Waals surface area contributed by atoms with Gasteiger partial charge in [0.15, 0.2) is 11.5 Å². The van der Waals surface area contributed by atoms with Crippen molar-refractivity contribution in [3.8, 4) is 23.4 Å². The van der Waals surface area contributed by atoms with Gasteiger partial charge in [-0.25, -0.2) is 0 Å². The Kier molecular flexibility index (Phi) is 6.62. The molecule has 3 aromatic rings. The zero-order valence-corrected chi connectivity index (χ0v) is 21.2. The molecule has 4 rings (SSSR count). The highest BCUT2D eigenvalue weighted by Crippen LogP contribution is 2.45. The average molecular weight is 607 g/mol. The van der Waals surface area contributed by atoms with Gasteiger partial charge in [-0.3, -0.25) is 5.10 Å². The predicted octanol–water partition coefficient (Wildman–Crippen LogP) is 5.28. The molecule has 7 nitrogen and oxygen atoms in total. The van der Waals surface area contributed by atoms with Crippen LogP contribution in [-0.2, 0) is 6.61 Å². The summed E-state index contributed by atoms with van der Waals surface area (Å²) in [5, 5.41) is 16.9. The molecular formula is C23H20BrIN4O3. The number of aryl methyl sites for hydroxylation is 1. The predicted molar refractivity (Wildman–Crippen MR) is 131 cm³/mol. The van der Waals surface area contributed by atoms with Crippen molar-refractivity contribution in [1.29, 1.82) is 5.26 Å². The molecule has 32 heavy (non-hydrogen) atoms. The third-order valence-electron chi connectivity index (χ3n) is 5.09. The number of fused-ring (bicyclic) bond motifs is 1. The van der Waals surface area contributed by atoms with Gasteiger partial charge in [0.05, 0.1) is 16.1 Å². The van der Waals surface area contributed by atoms with Crippen LogP contribution in [0.5, 0.6) is 17.4 Å². The number of nitriles is 1. The monoisotopic (exact) mass is 606 g/mol. The maximum Gasteiger partial charge on any atom is 0.244 e. The fraction of sp³-hybridized carbons (Fsp3) is 0.217. The summed E-state index contributed by atoms with van der Waals surface area (Å²) in [7, 11) is 0. The zero-order valence-electron chi connectivity index (χ0n) is 17.4. The molecule has 0 fully saturated rings. The Morgan fingerprint density at radius 2 is 2.03 bits per heavy atom. The minimum absolute atomic E-state index is 0.0556. The van der Waals surface area contributed by atoms with Crippen molar-refractivity contribution < 1.29 is 14.2 Å². The van der Waals surface area contributed by atoms with Gasteiger partial charge in [-0.1, -0.05) is 28.1 Å². The van der Waals surface area contributed by atoms with E-state index >= 15 is 0 Å². The summed E-state index contributed by atoms with van der Waals surface area (Å²) < 4.78 is 19.5. The quantitative estimate of drug-likeness (QED) is 0.370. The Hall–Kier alpha value is -2.71. The minimum atomic E-state index is -0.421. The summed E-state index contributed by atoms with van der Waals surface area (Å²) in [6.45, 7) is 4.69. The van der Waals surface area contributed by atoms with E-state index in [-0.39, 0.29) is 5.88 Å². The smallest absolute Gasteiger partial charge is 0.244 e. The number of aromatic amines is 1. The number of ether oxygens (including phenoxy) is 3. The van der Waals surface area contributed by atoms with E-state index in [0.717, 1.165) is 30.4 Å². The van der Waals surface area contributed by atoms with Gasteiger partial charge in [-0.15, -0.1) is 5.10 Å². The van der Waals surface area contributed by atoms with E-state index in [1.54, 1.807) is 0 Å². The number of rotatable bonds is 6. The maximum atomic E-state index is 9.81. The van der Waals surface area contributed by atoms with Crippen LogP contribution < -0.4 is 19.9 Å².